The van der Waals surface area contributed by atoms with Gasteiger partial charge in [-0.1, -0.05) is 49.4 Å². The Labute approximate surface area is 137 Å². The van der Waals surface area contributed by atoms with Gasteiger partial charge in [-0.15, -0.1) is 0 Å². The summed E-state index contributed by atoms with van der Waals surface area (Å²) in [5.74, 6) is 0. The summed E-state index contributed by atoms with van der Waals surface area (Å²) < 4.78 is 0. The monoisotopic (exact) mass is 299 g/mol. The smallest absolute Gasteiger partial charge is 0.0497 e. The van der Waals surface area contributed by atoms with Gasteiger partial charge in [0.05, 0.1) is 0 Å². The quantitative estimate of drug-likeness (QED) is 0.456. The van der Waals surface area contributed by atoms with Crippen LogP contribution in [0.4, 0.5) is 0 Å². The fourth-order valence-electron chi connectivity index (χ4n) is 3.62. The van der Waals surface area contributed by atoms with Gasteiger partial charge in [-0.05, 0) is 60.2 Å². The molecule has 0 saturated heterocycles. The average molecular weight is 299 g/mol. The molecule has 23 heavy (non-hydrogen) atoms. The Bertz CT molecular complexity index is 1020. The lowest BCUT2D eigenvalue weighted by Crippen LogP contribution is -1.93. The summed E-state index contributed by atoms with van der Waals surface area (Å²) in [5.41, 5.74) is 9.33. The first kappa shape index (κ1) is 14.1. The summed E-state index contributed by atoms with van der Waals surface area (Å²) in [7, 11) is 0. The van der Waals surface area contributed by atoms with E-state index < -0.39 is 0 Å². The number of aryl methyl sites for hydroxylation is 2. The van der Waals surface area contributed by atoms with Crippen molar-refractivity contribution in [3.05, 3.63) is 71.3 Å². The first-order valence-electron chi connectivity index (χ1n) is 8.29. The number of H-pyrrole nitrogens is 1. The van der Waals surface area contributed by atoms with E-state index in [0.29, 0.717) is 0 Å². The van der Waals surface area contributed by atoms with Crippen molar-refractivity contribution in [1.29, 1.82) is 0 Å². The molecule has 0 atom stereocenters. The van der Waals surface area contributed by atoms with Crippen LogP contribution in [0.15, 0.2) is 54.6 Å². The van der Waals surface area contributed by atoms with E-state index in [1.54, 1.807) is 0 Å². The summed E-state index contributed by atoms with van der Waals surface area (Å²) in [6, 6.07) is 19.7. The van der Waals surface area contributed by atoms with Gasteiger partial charge in [0.15, 0.2) is 0 Å². The summed E-state index contributed by atoms with van der Waals surface area (Å²) in [6.07, 6.45) is 1.06. The molecule has 1 heterocycles. The Balaban J connectivity index is 2.11. The number of aromatic nitrogens is 1. The van der Waals surface area contributed by atoms with Crippen molar-refractivity contribution < 1.29 is 0 Å². The molecule has 0 amide bonds. The molecule has 0 aliphatic heterocycles. The predicted octanol–water partition coefficient (Wildman–Crippen LogP) is 6.17. The van der Waals surface area contributed by atoms with Gasteiger partial charge in [-0.25, -0.2) is 0 Å². The molecule has 1 aromatic heterocycles. The fourth-order valence-corrected chi connectivity index (χ4v) is 3.62. The molecule has 0 aliphatic rings. The molecular weight excluding hydrogens is 278 g/mol. The molecule has 0 aliphatic carbocycles. The number of hydrogen-bond donors (Lipinski definition) is 1. The van der Waals surface area contributed by atoms with Gasteiger partial charge in [-0.3, -0.25) is 0 Å². The summed E-state index contributed by atoms with van der Waals surface area (Å²) in [5, 5.41) is 2.63. The van der Waals surface area contributed by atoms with Crippen molar-refractivity contribution in [3.8, 4) is 11.1 Å². The minimum absolute atomic E-state index is 1.06. The molecule has 1 nitrogen and oxygen atoms in total. The number of aromatic amines is 1. The standard InChI is InChI=1S/C22H21N/c1-4-16-9-5-6-10-17(16)19-13-20-18-11-7-8-12-21(18)23-22(20)15(3)14(19)2/h5-13,23H,4H2,1-3H3. The Kier molecular flexibility index (Phi) is 3.23. The molecule has 4 aromatic rings. The van der Waals surface area contributed by atoms with Crippen LogP contribution < -0.4 is 0 Å². The second-order valence-corrected chi connectivity index (χ2v) is 6.28. The molecule has 0 saturated carbocycles. The van der Waals surface area contributed by atoms with Crippen LogP contribution in [0.3, 0.4) is 0 Å². The van der Waals surface area contributed by atoms with Crippen LogP contribution in [-0.2, 0) is 6.42 Å². The van der Waals surface area contributed by atoms with Crippen molar-refractivity contribution in [3.63, 3.8) is 0 Å². The van der Waals surface area contributed by atoms with E-state index in [1.807, 2.05) is 0 Å². The van der Waals surface area contributed by atoms with Gasteiger partial charge < -0.3 is 4.98 Å². The van der Waals surface area contributed by atoms with Gasteiger partial charge in [0, 0.05) is 21.8 Å². The van der Waals surface area contributed by atoms with Crippen LogP contribution in [0.2, 0.25) is 0 Å². The molecule has 114 valence electrons. The summed E-state index contributed by atoms with van der Waals surface area (Å²) in [6.45, 7) is 6.69. The van der Waals surface area contributed by atoms with Crippen LogP contribution >= 0.6 is 0 Å². The van der Waals surface area contributed by atoms with Gasteiger partial charge >= 0.3 is 0 Å². The summed E-state index contributed by atoms with van der Waals surface area (Å²) >= 11 is 0. The number of benzene rings is 3. The Morgan fingerprint density at radius 3 is 2.35 bits per heavy atom. The highest BCUT2D eigenvalue weighted by Crippen LogP contribution is 2.36. The molecule has 1 N–H and O–H groups in total. The zero-order valence-electron chi connectivity index (χ0n) is 13.9. The predicted molar refractivity (Wildman–Crippen MR) is 100 cm³/mol. The zero-order chi connectivity index (χ0) is 16.0. The molecule has 0 spiro atoms. The topological polar surface area (TPSA) is 15.8 Å². The second-order valence-electron chi connectivity index (χ2n) is 6.28. The van der Waals surface area contributed by atoms with Gasteiger partial charge in [0.25, 0.3) is 0 Å². The maximum absolute atomic E-state index is 3.59. The van der Waals surface area contributed by atoms with Crippen molar-refractivity contribution in [2.75, 3.05) is 0 Å². The van der Waals surface area contributed by atoms with Crippen LogP contribution in [0, 0.1) is 13.8 Å². The third-order valence-corrected chi connectivity index (χ3v) is 5.06. The van der Waals surface area contributed by atoms with Crippen molar-refractivity contribution in [2.45, 2.75) is 27.2 Å². The largest absolute Gasteiger partial charge is 0.354 e. The van der Waals surface area contributed by atoms with E-state index in [-0.39, 0.29) is 0 Å². The Morgan fingerprint density at radius 1 is 0.783 bits per heavy atom. The van der Waals surface area contributed by atoms with Crippen molar-refractivity contribution >= 4 is 21.8 Å². The molecule has 0 unspecified atom stereocenters. The minimum Gasteiger partial charge on any atom is -0.354 e. The molecule has 0 radical (unpaired) electrons. The normalized spacial score (nSPS) is 11.4. The SMILES string of the molecule is CCc1ccccc1-c1cc2c([nH]c3ccccc32)c(C)c1C. The van der Waals surface area contributed by atoms with Gasteiger partial charge in [0.1, 0.15) is 0 Å². The lowest BCUT2D eigenvalue weighted by molar-refractivity contribution is 1.14. The lowest BCUT2D eigenvalue weighted by atomic mass is 9.91. The highest BCUT2D eigenvalue weighted by Gasteiger charge is 2.14. The first-order chi connectivity index (χ1) is 11.2. The minimum atomic E-state index is 1.06. The van der Waals surface area contributed by atoms with E-state index in [9.17, 15) is 0 Å². The highest BCUT2D eigenvalue weighted by atomic mass is 14.7. The molecule has 3 aromatic carbocycles. The van der Waals surface area contributed by atoms with Crippen LogP contribution in [0.25, 0.3) is 32.9 Å². The van der Waals surface area contributed by atoms with Crippen molar-refractivity contribution in [1.82, 2.24) is 4.98 Å². The molecule has 4 rings (SSSR count). The second kappa shape index (κ2) is 5.27. The number of para-hydroxylation sites is 1. The van der Waals surface area contributed by atoms with E-state index in [2.05, 4.69) is 80.4 Å². The maximum atomic E-state index is 3.59. The molecule has 0 fully saturated rings. The first-order valence-corrected chi connectivity index (χ1v) is 8.29. The number of nitrogens with one attached hydrogen (secondary N) is 1. The molecule has 0 bridgehead atoms. The van der Waals surface area contributed by atoms with E-state index in [0.717, 1.165) is 6.42 Å². The van der Waals surface area contributed by atoms with Crippen LogP contribution in [0.5, 0.6) is 0 Å². The van der Waals surface area contributed by atoms with E-state index in [1.165, 1.54) is 49.6 Å². The van der Waals surface area contributed by atoms with Crippen molar-refractivity contribution in [2.24, 2.45) is 0 Å². The number of hydrogen-bond acceptors (Lipinski definition) is 0. The Hall–Kier alpha value is -2.54. The lowest BCUT2D eigenvalue weighted by Gasteiger charge is -2.14. The highest BCUT2D eigenvalue weighted by molar-refractivity contribution is 6.10. The van der Waals surface area contributed by atoms with Crippen LogP contribution in [-0.4, -0.2) is 4.98 Å². The van der Waals surface area contributed by atoms with Gasteiger partial charge in [-0.2, -0.15) is 0 Å². The van der Waals surface area contributed by atoms with E-state index >= 15 is 0 Å². The van der Waals surface area contributed by atoms with E-state index in [4.69, 9.17) is 0 Å². The third-order valence-electron chi connectivity index (χ3n) is 5.06. The Morgan fingerprint density at radius 2 is 1.52 bits per heavy atom. The number of fused-ring (bicyclic) bond motifs is 3. The fraction of sp³-hybridized carbons (Fsp3) is 0.182. The third kappa shape index (κ3) is 2.08. The molecule has 1 heteroatoms. The summed E-state index contributed by atoms with van der Waals surface area (Å²) in [4.78, 5) is 3.59. The van der Waals surface area contributed by atoms with Gasteiger partial charge in [0.2, 0.25) is 0 Å². The van der Waals surface area contributed by atoms with Crippen LogP contribution in [0.1, 0.15) is 23.6 Å². The maximum Gasteiger partial charge on any atom is 0.0497 e. The number of rotatable bonds is 2. The average Bonchev–Trinajstić information content (AvgIpc) is 2.97. The molecular formula is C22H21N. The zero-order valence-corrected chi connectivity index (χ0v) is 13.9.